The molecule has 0 aliphatic rings. The maximum atomic E-state index is 12.1. The van der Waals surface area contributed by atoms with Gasteiger partial charge in [-0.05, 0) is 11.6 Å². The minimum atomic E-state index is -4.81. The van der Waals surface area contributed by atoms with Crippen LogP contribution in [0.3, 0.4) is 0 Å². The first kappa shape index (κ1) is 11.2. The van der Waals surface area contributed by atoms with E-state index < -0.39 is 23.4 Å². The van der Waals surface area contributed by atoms with Gasteiger partial charge in [0.05, 0.1) is 0 Å². The minimum absolute atomic E-state index is 1.77. The molecule has 0 aromatic carbocycles. The van der Waals surface area contributed by atoms with Crippen molar-refractivity contribution in [3.05, 3.63) is 0 Å². The van der Waals surface area contributed by atoms with E-state index in [9.17, 15) is 22.0 Å². The smallest absolute Gasteiger partial charge is 0.249 e. The number of hydrogen-bond acceptors (Lipinski definition) is 0. The summed E-state index contributed by atoms with van der Waals surface area (Å²) in [6.45, 7) is -1.77. The van der Waals surface area contributed by atoms with Gasteiger partial charge in [0.1, 0.15) is 12.1 Å². The quantitative estimate of drug-likeness (QED) is 0.503. The Balaban J connectivity index is 4.45. The Kier molecular flexibility index (Phi) is 3.38. The molecule has 0 saturated carbocycles. The van der Waals surface area contributed by atoms with Crippen molar-refractivity contribution in [1.29, 1.82) is 0 Å². The van der Waals surface area contributed by atoms with Crippen LogP contribution in [0, 0.1) is 0 Å². The van der Waals surface area contributed by atoms with Gasteiger partial charge in [0.25, 0.3) is 0 Å². The SMILES string of the molecule is FCC(Cl)C(F)(F)C(F)(F)Cl. The van der Waals surface area contributed by atoms with Crippen LogP contribution in [-0.2, 0) is 0 Å². The lowest BCUT2D eigenvalue weighted by Crippen LogP contribution is -2.44. The second-order valence-electron chi connectivity index (χ2n) is 1.74. The molecule has 0 fully saturated rings. The second-order valence-corrected chi connectivity index (χ2v) is 2.74. The fourth-order valence-corrected chi connectivity index (χ4v) is 0.599. The molecule has 0 N–H and O–H groups in total. The zero-order valence-electron chi connectivity index (χ0n) is 4.93. The van der Waals surface area contributed by atoms with E-state index in [0.717, 1.165) is 0 Å². The van der Waals surface area contributed by atoms with Crippen molar-refractivity contribution in [2.45, 2.75) is 16.7 Å². The monoisotopic (exact) mass is 216 g/mol. The van der Waals surface area contributed by atoms with Gasteiger partial charge in [-0.1, -0.05) is 0 Å². The van der Waals surface area contributed by atoms with Crippen molar-refractivity contribution in [3.63, 3.8) is 0 Å². The Morgan fingerprint density at radius 3 is 1.64 bits per heavy atom. The van der Waals surface area contributed by atoms with Crippen molar-refractivity contribution < 1.29 is 22.0 Å². The standard InChI is InChI=1S/C4H3Cl2F5/c5-2(1-7)3(8,9)4(6,10)11/h2H,1H2. The molecule has 0 rings (SSSR count). The van der Waals surface area contributed by atoms with Gasteiger partial charge >= 0.3 is 11.3 Å². The fraction of sp³-hybridized carbons (Fsp3) is 1.00. The first-order chi connectivity index (χ1) is 4.73. The van der Waals surface area contributed by atoms with E-state index in [-0.39, 0.29) is 0 Å². The molecule has 0 radical (unpaired) electrons. The molecule has 68 valence electrons. The van der Waals surface area contributed by atoms with Crippen LogP contribution in [0.15, 0.2) is 0 Å². The summed E-state index contributed by atoms with van der Waals surface area (Å²) in [7, 11) is 0. The Morgan fingerprint density at radius 2 is 1.55 bits per heavy atom. The van der Waals surface area contributed by atoms with Crippen molar-refractivity contribution in [2.24, 2.45) is 0 Å². The maximum Gasteiger partial charge on any atom is 0.385 e. The van der Waals surface area contributed by atoms with Gasteiger partial charge in [0.15, 0.2) is 0 Å². The average Bonchev–Trinajstić information content (AvgIpc) is 1.83. The molecular formula is C4H3Cl2F5. The predicted molar refractivity (Wildman–Crippen MR) is 31.4 cm³/mol. The molecule has 0 spiro atoms. The van der Waals surface area contributed by atoms with Crippen molar-refractivity contribution in [1.82, 2.24) is 0 Å². The van der Waals surface area contributed by atoms with Crippen LogP contribution < -0.4 is 0 Å². The van der Waals surface area contributed by atoms with E-state index in [1.165, 1.54) is 0 Å². The van der Waals surface area contributed by atoms with Gasteiger partial charge < -0.3 is 0 Å². The number of halogens is 7. The molecule has 11 heavy (non-hydrogen) atoms. The first-order valence-corrected chi connectivity index (χ1v) is 3.19. The largest absolute Gasteiger partial charge is 0.385 e. The molecule has 1 unspecified atom stereocenters. The Hall–Kier alpha value is 0.230. The summed E-state index contributed by atoms with van der Waals surface area (Å²) >= 11 is 8.52. The highest BCUT2D eigenvalue weighted by Crippen LogP contribution is 2.42. The minimum Gasteiger partial charge on any atom is -0.249 e. The lowest BCUT2D eigenvalue weighted by Gasteiger charge is -2.23. The van der Waals surface area contributed by atoms with E-state index in [0.29, 0.717) is 0 Å². The number of hydrogen-bond donors (Lipinski definition) is 0. The van der Waals surface area contributed by atoms with Crippen LogP contribution in [0.4, 0.5) is 22.0 Å². The zero-order valence-corrected chi connectivity index (χ0v) is 6.44. The lowest BCUT2D eigenvalue weighted by atomic mass is 10.2. The molecule has 0 bridgehead atoms. The molecule has 0 nitrogen and oxygen atoms in total. The third-order valence-electron chi connectivity index (χ3n) is 0.907. The molecule has 0 aliphatic heterocycles. The highest BCUT2D eigenvalue weighted by Gasteiger charge is 2.59. The third-order valence-corrected chi connectivity index (χ3v) is 1.55. The summed E-state index contributed by atoms with van der Waals surface area (Å²) in [6, 6.07) is 0. The average molecular weight is 217 g/mol. The highest BCUT2D eigenvalue weighted by atomic mass is 35.5. The van der Waals surface area contributed by atoms with Gasteiger partial charge in [-0.15, -0.1) is 11.6 Å². The van der Waals surface area contributed by atoms with E-state index in [1.807, 2.05) is 0 Å². The highest BCUT2D eigenvalue weighted by molar-refractivity contribution is 6.25. The molecule has 1 atom stereocenters. The summed E-state index contributed by atoms with van der Waals surface area (Å²) in [6.07, 6.45) is 0. The number of rotatable bonds is 3. The molecule has 0 heterocycles. The first-order valence-electron chi connectivity index (χ1n) is 2.38. The summed E-state index contributed by atoms with van der Waals surface area (Å²) in [5, 5.41) is -7.42. The van der Waals surface area contributed by atoms with Crippen LogP contribution >= 0.6 is 23.2 Å². The summed E-state index contributed by atoms with van der Waals surface area (Å²) < 4.78 is 59.0. The molecule has 0 aliphatic carbocycles. The Bertz CT molecular complexity index is 131. The van der Waals surface area contributed by atoms with E-state index in [2.05, 4.69) is 23.2 Å². The van der Waals surface area contributed by atoms with Crippen molar-refractivity contribution in [3.8, 4) is 0 Å². The molecule has 0 amide bonds. The molecule has 0 saturated heterocycles. The molecule has 0 aromatic rings. The van der Waals surface area contributed by atoms with Gasteiger partial charge in [-0.2, -0.15) is 17.6 Å². The van der Waals surface area contributed by atoms with Crippen molar-refractivity contribution in [2.75, 3.05) is 6.67 Å². The maximum absolute atomic E-state index is 12.1. The van der Waals surface area contributed by atoms with Gasteiger partial charge in [0.2, 0.25) is 0 Å². The topological polar surface area (TPSA) is 0 Å². The summed E-state index contributed by atoms with van der Waals surface area (Å²) in [5.74, 6) is -4.73. The fourth-order valence-electron chi connectivity index (χ4n) is 0.274. The van der Waals surface area contributed by atoms with E-state index >= 15 is 0 Å². The normalized spacial score (nSPS) is 16.6. The van der Waals surface area contributed by atoms with Crippen molar-refractivity contribution >= 4 is 23.2 Å². The third kappa shape index (κ3) is 2.33. The zero-order chi connectivity index (χ0) is 9.28. The van der Waals surface area contributed by atoms with Crippen LogP contribution in [0.5, 0.6) is 0 Å². The lowest BCUT2D eigenvalue weighted by molar-refractivity contribution is -0.159. The second kappa shape index (κ2) is 3.31. The number of alkyl halides is 7. The summed E-state index contributed by atoms with van der Waals surface area (Å²) in [4.78, 5) is 0. The van der Waals surface area contributed by atoms with Crippen LogP contribution in [0.1, 0.15) is 0 Å². The molecule has 7 heteroatoms. The Morgan fingerprint density at radius 1 is 1.18 bits per heavy atom. The molecule has 0 aromatic heterocycles. The molecular weight excluding hydrogens is 214 g/mol. The van der Waals surface area contributed by atoms with Crippen LogP contribution in [0.25, 0.3) is 0 Å². The van der Waals surface area contributed by atoms with E-state index in [4.69, 9.17) is 0 Å². The summed E-state index contributed by atoms with van der Waals surface area (Å²) in [5.41, 5.74) is 0. The van der Waals surface area contributed by atoms with Gasteiger partial charge in [0, 0.05) is 0 Å². The van der Waals surface area contributed by atoms with E-state index in [1.54, 1.807) is 0 Å². The van der Waals surface area contributed by atoms with Crippen LogP contribution in [-0.4, -0.2) is 23.4 Å². The Labute approximate surface area is 69.3 Å². The van der Waals surface area contributed by atoms with Gasteiger partial charge in [-0.3, -0.25) is 0 Å². The van der Waals surface area contributed by atoms with Crippen LogP contribution in [0.2, 0.25) is 0 Å². The predicted octanol–water partition coefficient (Wildman–Crippen LogP) is 3.03. The van der Waals surface area contributed by atoms with Gasteiger partial charge in [-0.25, -0.2) is 4.39 Å².